The first kappa shape index (κ1) is 25.4. The third-order valence-corrected chi connectivity index (χ3v) is 8.73. The molecule has 2 fully saturated rings. The van der Waals surface area contributed by atoms with E-state index in [0.717, 1.165) is 12.5 Å². The van der Waals surface area contributed by atoms with Crippen molar-refractivity contribution in [2.45, 2.75) is 50.6 Å². The van der Waals surface area contributed by atoms with Crippen LogP contribution in [-0.4, -0.2) is 63.3 Å². The van der Waals surface area contributed by atoms with Crippen LogP contribution in [0.3, 0.4) is 0 Å². The van der Waals surface area contributed by atoms with Gasteiger partial charge in [0.1, 0.15) is 13.3 Å². The zero-order valence-corrected chi connectivity index (χ0v) is 21.6. The highest BCUT2D eigenvalue weighted by Gasteiger charge is 2.49. The summed E-state index contributed by atoms with van der Waals surface area (Å²) in [6, 6.07) is 3.12. The fraction of sp³-hybridized carbons (Fsp3) is 0.464. The van der Waals surface area contributed by atoms with Crippen LogP contribution in [0.2, 0.25) is 0 Å². The number of amides is 2. The molecule has 2 amide bonds. The summed E-state index contributed by atoms with van der Waals surface area (Å²) < 4.78 is 37.1. The Balaban J connectivity index is 1.58. The Hall–Kier alpha value is -3.89. The lowest BCUT2D eigenvalue weighted by atomic mass is 9.74. The number of nitrogens with zero attached hydrogens (tertiary/aromatic N) is 4. The minimum absolute atomic E-state index is 0.0251. The maximum atomic E-state index is 15.3. The van der Waals surface area contributed by atoms with Gasteiger partial charge in [0.15, 0.2) is 23.0 Å². The van der Waals surface area contributed by atoms with Gasteiger partial charge in [-0.1, -0.05) is 12.1 Å². The molecule has 4 heterocycles. The summed E-state index contributed by atoms with van der Waals surface area (Å²) in [4.78, 5) is 41.8. The van der Waals surface area contributed by atoms with E-state index in [1.54, 1.807) is 15.9 Å². The van der Waals surface area contributed by atoms with Gasteiger partial charge in [-0.25, -0.2) is 4.39 Å². The quantitative estimate of drug-likeness (QED) is 0.559. The number of pyridine rings is 1. The SMILES string of the molecule is CC(=O)N1CCC(C2c3ccc(F)c(F)c3OC/C=C/C3(CCC3)N3CN2n2ccc(=O)c(O)c2C3=O)CC1. The van der Waals surface area contributed by atoms with E-state index in [0.29, 0.717) is 44.3 Å². The van der Waals surface area contributed by atoms with Gasteiger partial charge in [0.25, 0.3) is 5.91 Å². The number of piperidine rings is 1. The van der Waals surface area contributed by atoms with Crippen molar-refractivity contribution in [2.24, 2.45) is 5.92 Å². The third kappa shape index (κ3) is 3.97. The fourth-order valence-corrected chi connectivity index (χ4v) is 6.48. The van der Waals surface area contributed by atoms with Crippen LogP contribution in [-0.2, 0) is 4.79 Å². The lowest BCUT2D eigenvalue weighted by Crippen LogP contribution is -2.65. The monoisotopic (exact) mass is 540 g/mol. The molecule has 1 aliphatic carbocycles. The van der Waals surface area contributed by atoms with E-state index in [1.807, 2.05) is 11.1 Å². The number of aromatic nitrogens is 1. The van der Waals surface area contributed by atoms with Gasteiger partial charge in [0.2, 0.25) is 17.2 Å². The van der Waals surface area contributed by atoms with E-state index in [-0.39, 0.29) is 36.5 Å². The number of hydrogen-bond acceptors (Lipinski definition) is 6. The van der Waals surface area contributed by atoms with Crippen LogP contribution in [0.5, 0.6) is 11.5 Å². The second-order valence-corrected chi connectivity index (χ2v) is 10.8. The molecular weight excluding hydrogens is 510 g/mol. The minimum atomic E-state index is -1.10. The molecule has 1 spiro atoms. The van der Waals surface area contributed by atoms with Crippen molar-refractivity contribution in [3.63, 3.8) is 0 Å². The van der Waals surface area contributed by atoms with Gasteiger partial charge in [-0.05, 0) is 50.2 Å². The molecule has 9 nitrogen and oxygen atoms in total. The molecule has 0 radical (unpaired) electrons. The zero-order chi connectivity index (χ0) is 27.5. The first-order valence-electron chi connectivity index (χ1n) is 13.3. The number of benzene rings is 1. The summed E-state index contributed by atoms with van der Waals surface area (Å²) in [5, 5.41) is 12.7. The second kappa shape index (κ2) is 9.39. The van der Waals surface area contributed by atoms with Crippen molar-refractivity contribution < 1.29 is 28.2 Å². The van der Waals surface area contributed by atoms with E-state index in [2.05, 4.69) is 0 Å². The summed E-state index contributed by atoms with van der Waals surface area (Å²) in [5.41, 5.74) is -1.11. The molecule has 1 atom stereocenters. The molecule has 206 valence electrons. The maximum absolute atomic E-state index is 15.3. The number of hydrogen-bond donors (Lipinski definition) is 1. The number of ether oxygens (including phenoxy) is 1. The van der Waals surface area contributed by atoms with Crippen molar-refractivity contribution in [1.29, 1.82) is 0 Å². The number of rotatable bonds is 1. The first-order valence-corrected chi connectivity index (χ1v) is 13.3. The van der Waals surface area contributed by atoms with E-state index >= 15 is 4.39 Å². The predicted molar refractivity (Wildman–Crippen MR) is 137 cm³/mol. The Morgan fingerprint density at radius 3 is 2.54 bits per heavy atom. The Bertz CT molecular complexity index is 1430. The van der Waals surface area contributed by atoms with Crippen LogP contribution in [0.1, 0.15) is 61.1 Å². The van der Waals surface area contributed by atoms with Gasteiger partial charge in [-0.3, -0.25) is 24.1 Å². The predicted octanol–water partition coefficient (Wildman–Crippen LogP) is 3.05. The van der Waals surface area contributed by atoms with Crippen LogP contribution < -0.4 is 15.2 Å². The molecule has 1 unspecified atom stereocenters. The number of carbonyl (C=O) groups excluding carboxylic acids is 2. The Labute approximate surface area is 223 Å². The summed E-state index contributed by atoms with van der Waals surface area (Å²) in [6.07, 6.45) is 8.39. The normalized spacial score (nSPS) is 23.3. The molecule has 4 aliphatic rings. The summed E-state index contributed by atoms with van der Waals surface area (Å²) >= 11 is 0. The Morgan fingerprint density at radius 2 is 1.87 bits per heavy atom. The van der Waals surface area contributed by atoms with Crippen LogP contribution in [0.15, 0.2) is 41.3 Å². The van der Waals surface area contributed by atoms with Crippen molar-refractivity contribution in [3.8, 4) is 11.5 Å². The topological polar surface area (TPSA) is 95.3 Å². The van der Waals surface area contributed by atoms with Crippen LogP contribution in [0.25, 0.3) is 0 Å². The first-order chi connectivity index (χ1) is 18.7. The third-order valence-electron chi connectivity index (χ3n) is 8.73. The van der Waals surface area contributed by atoms with Gasteiger partial charge in [0.05, 0.1) is 11.6 Å². The van der Waals surface area contributed by atoms with Crippen molar-refractivity contribution in [1.82, 2.24) is 14.5 Å². The fourth-order valence-electron chi connectivity index (χ4n) is 6.48. The average Bonchev–Trinajstić information content (AvgIpc) is 2.92. The van der Waals surface area contributed by atoms with E-state index in [9.17, 15) is 23.9 Å². The van der Waals surface area contributed by atoms with Crippen LogP contribution in [0, 0.1) is 17.6 Å². The summed E-state index contributed by atoms with van der Waals surface area (Å²) in [5.74, 6) is -3.66. The van der Waals surface area contributed by atoms with Crippen molar-refractivity contribution in [2.75, 3.05) is 31.4 Å². The second-order valence-electron chi connectivity index (χ2n) is 10.8. The molecule has 2 aromatic rings. The Kier molecular flexibility index (Phi) is 6.11. The van der Waals surface area contributed by atoms with Gasteiger partial charge in [0, 0.05) is 37.8 Å². The van der Waals surface area contributed by atoms with Crippen LogP contribution >= 0.6 is 0 Å². The lowest BCUT2D eigenvalue weighted by Gasteiger charge is -2.54. The molecule has 2 bridgehead atoms. The molecule has 6 rings (SSSR count). The van der Waals surface area contributed by atoms with Gasteiger partial charge in [-0.15, -0.1) is 0 Å². The van der Waals surface area contributed by atoms with E-state index in [1.165, 1.54) is 29.9 Å². The molecule has 3 aliphatic heterocycles. The van der Waals surface area contributed by atoms with Gasteiger partial charge < -0.3 is 19.6 Å². The average molecular weight is 541 g/mol. The maximum Gasteiger partial charge on any atom is 0.278 e. The smallest absolute Gasteiger partial charge is 0.278 e. The van der Waals surface area contributed by atoms with Crippen LogP contribution in [0.4, 0.5) is 8.78 Å². The van der Waals surface area contributed by atoms with E-state index in [4.69, 9.17) is 4.74 Å². The van der Waals surface area contributed by atoms with E-state index < -0.39 is 40.3 Å². The molecule has 39 heavy (non-hydrogen) atoms. The number of aromatic hydroxyl groups is 1. The summed E-state index contributed by atoms with van der Waals surface area (Å²) in [6.45, 7) is 2.56. The lowest BCUT2D eigenvalue weighted by molar-refractivity contribution is -0.130. The molecule has 1 saturated heterocycles. The Morgan fingerprint density at radius 1 is 1.13 bits per heavy atom. The number of likely N-dealkylation sites (tertiary alicyclic amines) is 1. The summed E-state index contributed by atoms with van der Waals surface area (Å²) in [7, 11) is 0. The van der Waals surface area contributed by atoms with Gasteiger partial charge in [-0.2, -0.15) is 4.39 Å². The molecule has 1 aromatic carbocycles. The molecular formula is C28H30F2N4O5. The van der Waals surface area contributed by atoms with Crippen molar-refractivity contribution in [3.05, 3.63) is 69.7 Å². The molecule has 1 aromatic heterocycles. The number of fused-ring (bicyclic) bond motifs is 6. The molecule has 11 heteroatoms. The zero-order valence-electron chi connectivity index (χ0n) is 21.6. The number of carbonyl (C=O) groups is 2. The largest absolute Gasteiger partial charge is 0.502 e. The van der Waals surface area contributed by atoms with Gasteiger partial charge >= 0.3 is 0 Å². The highest BCUT2D eigenvalue weighted by atomic mass is 19.2. The standard InChI is InChI=1S/C28H30F2N4O5/c1-17(35)31-12-6-18(7-13-31)23-19-4-5-20(29)22(30)26(19)39-15-3-11-28(9-2-10-28)32-16-34(23)33-14-8-21(36)25(37)24(33)27(32)38/h3-5,8,11,14,18,23,37H,2,6-7,9-10,12-13,15-16H2,1H3/b11-3+. The molecule has 1 N–H and O–H groups in total. The number of halogens is 2. The highest BCUT2D eigenvalue weighted by molar-refractivity contribution is 5.97. The van der Waals surface area contributed by atoms with Crippen molar-refractivity contribution >= 4 is 11.8 Å². The molecule has 1 saturated carbocycles. The highest BCUT2D eigenvalue weighted by Crippen LogP contribution is 2.46. The minimum Gasteiger partial charge on any atom is -0.502 e.